The van der Waals surface area contributed by atoms with Gasteiger partial charge in [0.25, 0.3) is 0 Å². The zero-order valence-electron chi connectivity index (χ0n) is 14.9. The van der Waals surface area contributed by atoms with Gasteiger partial charge in [-0.3, -0.25) is 14.7 Å². The molecule has 2 aliphatic rings. The van der Waals surface area contributed by atoms with Gasteiger partial charge in [-0.1, -0.05) is 0 Å². The van der Waals surface area contributed by atoms with Gasteiger partial charge in [-0.25, -0.2) is 9.78 Å². The number of rotatable bonds is 1. The number of anilines is 1. The Morgan fingerprint density at radius 1 is 1.29 bits per heavy atom. The predicted molar refractivity (Wildman–Crippen MR) is 88.8 cm³/mol. The molecule has 1 atom stereocenters. The van der Waals surface area contributed by atoms with Gasteiger partial charge in [-0.2, -0.15) is 0 Å². The number of carbonyl (C=O) groups is 2. The van der Waals surface area contributed by atoms with Crippen LogP contribution in [0.1, 0.15) is 46.7 Å². The first-order valence-electron chi connectivity index (χ1n) is 8.24. The van der Waals surface area contributed by atoms with Gasteiger partial charge in [0.05, 0.1) is 17.2 Å². The molecule has 0 unspecified atom stereocenters. The summed E-state index contributed by atoms with van der Waals surface area (Å²) < 4.78 is 5.43. The van der Waals surface area contributed by atoms with Crippen LogP contribution >= 0.6 is 0 Å². The highest BCUT2D eigenvalue weighted by Gasteiger charge is 2.50. The topological polar surface area (TPSA) is 75.6 Å². The first-order chi connectivity index (χ1) is 11.1. The SMILES string of the molecule is CC(C)(C)OC(=O)N1CC[C@@H](N2C(=O)C(C)(C)c3nccnc32)C1. The number of aromatic nitrogens is 2. The Hall–Kier alpha value is -2.18. The van der Waals surface area contributed by atoms with Gasteiger partial charge in [0.1, 0.15) is 5.60 Å². The molecule has 2 amide bonds. The van der Waals surface area contributed by atoms with E-state index < -0.39 is 11.0 Å². The Labute approximate surface area is 142 Å². The van der Waals surface area contributed by atoms with Crippen LogP contribution in [-0.4, -0.2) is 51.6 Å². The molecule has 0 bridgehead atoms. The van der Waals surface area contributed by atoms with Crippen LogP contribution < -0.4 is 4.90 Å². The van der Waals surface area contributed by atoms with E-state index in [9.17, 15) is 9.59 Å². The van der Waals surface area contributed by atoms with Crippen molar-refractivity contribution in [2.24, 2.45) is 0 Å². The molecule has 0 N–H and O–H groups in total. The third kappa shape index (κ3) is 2.72. The summed E-state index contributed by atoms with van der Waals surface area (Å²) in [6.07, 6.45) is 3.58. The van der Waals surface area contributed by atoms with Crippen molar-refractivity contribution in [3.05, 3.63) is 18.1 Å². The first kappa shape index (κ1) is 16.7. The van der Waals surface area contributed by atoms with Crippen molar-refractivity contribution in [1.29, 1.82) is 0 Å². The highest BCUT2D eigenvalue weighted by Crippen LogP contribution is 2.40. The lowest BCUT2D eigenvalue weighted by Crippen LogP contribution is -2.45. The lowest BCUT2D eigenvalue weighted by atomic mass is 9.91. The number of hydrogen-bond acceptors (Lipinski definition) is 5. The summed E-state index contributed by atoms with van der Waals surface area (Å²) in [7, 11) is 0. The molecule has 0 aromatic carbocycles. The maximum absolute atomic E-state index is 12.9. The molecule has 24 heavy (non-hydrogen) atoms. The fourth-order valence-electron chi connectivity index (χ4n) is 3.23. The third-order valence-corrected chi connectivity index (χ3v) is 4.43. The molecule has 3 rings (SSSR count). The second-order valence-electron chi connectivity index (χ2n) is 7.90. The summed E-state index contributed by atoms with van der Waals surface area (Å²) in [5.74, 6) is 0.600. The van der Waals surface area contributed by atoms with Crippen LogP contribution in [0, 0.1) is 0 Å². The average Bonchev–Trinajstić information content (AvgIpc) is 3.02. The van der Waals surface area contributed by atoms with Gasteiger partial charge < -0.3 is 9.64 Å². The summed E-state index contributed by atoms with van der Waals surface area (Å²) >= 11 is 0. The number of nitrogens with zero attached hydrogens (tertiary/aromatic N) is 4. The smallest absolute Gasteiger partial charge is 0.410 e. The van der Waals surface area contributed by atoms with Crippen molar-refractivity contribution >= 4 is 17.8 Å². The lowest BCUT2D eigenvalue weighted by Gasteiger charge is -2.27. The molecule has 130 valence electrons. The van der Waals surface area contributed by atoms with E-state index in [1.54, 1.807) is 22.2 Å². The molecule has 0 radical (unpaired) electrons. The van der Waals surface area contributed by atoms with Crippen LogP contribution in [-0.2, 0) is 14.9 Å². The number of fused-ring (bicyclic) bond motifs is 1. The normalized spacial score (nSPS) is 22.7. The van der Waals surface area contributed by atoms with E-state index in [0.717, 1.165) is 0 Å². The van der Waals surface area contributed by atoms with Crippen LogP contribution in [0.15, 0.2) is 12.4 Å². The number of likely N-dealkylation sites (tertiary alicyclic amines) is 1. The lowest BCUT2D eigenvalue weighted by molar-refractivity contribution is -0.122. The summed E-state index contributed by atoms with van der Waals surface area (Å²) in [6, 6.07) is -0.0951. The van der Waals surface area contributed by atoms with Crippen LogP contribution in [0.4, 0.5) is 10.6 Å². The van der Waals surface area contributed by atoms with Crippen molar-refractivity contribution in [3.63, 3.8) is 0 Å². The Morgan fingerprint density at radius 2 is 1.96 bits per heavy atom. The van der Waals surface area contributed by atoms with Crippen molar-refractivity contribution in [2.45, 2.75) is 58.1 Å². The minimum absolute atomic E-state index is 0.0141. The van der Waals surface area contributed by atoms with Crippen molar-refractivity contribution in [2.75, 3.05) is 18.0 Å². The highest BCUT2D eigenvalue weighted by atomic mass is 16.6. The van der Waals surface area contributed by atoms with Crippen LogP contribution in [0.5, 0.6) is 0 Å². The van der Waals surface area contributed by atoms with E-state index in [2.05, 4.69) is 9.97 Å². The Bertz CT molecular complexity index is 681. The Balaban J connectivity index is 1.79. The van der Waals surface area contributed by atoms with Crippen LogP contribution in [0.3, 0.4) is 0 Å². The minimum atomic E-state index is -0.692. The van der Waals surface area contributed by atoms with Gasteiger partial charge in [-0.15, -0.1) is 0 Å². The molecule has 7 heteroatoms. The molecule has 0 aliphatic carbocycles. The molecular weight excluding hydrogens is 308 g/mol. The van der Waals surface area contributed by atoms with Crippen molar-refractivity contribution in [1.82, 2.24) is 14.9 Å². The monoisotopic (exact) mass is 332 g/mol. The molecule has 0 saturated carbocycles. The second-order valence-corrected chi connectivity index (χ2v) is 7.90. The van der Waals surface area contributed by atoms with E-state index in [1.807, 2.05) is 34.6 Å². The maximum atomic E-state index is 12.9. The summed E-state index contributed by atoms with van der Waals surface area (Å²) in [5.41, 5.74) is -0.521. The van der Waals surface area contributed by atoms with Crippen molar-refractivity contribution in [3.8, 4) is 0 Å². The van der Waals surface area contributed by atoms with E-state index in [-0.39, 0.29) is 18.0 Å². The van der Waals surface area contributed by atoms with Gasteiger partial charge in [0, 0.05) is 25.5 Å². The third-order valence-electron chi connectivity index (χ3n) is 4.43. The van der Waals surface area contributed by atoms with Gasteiger partial charge in [0.15, 0.2) is 5.82 Å². The van der Waals surface area contributed by atoms with Crippen molar-refractivity contribution < 1.29 is 14.3 Å². The summed E-state index contributed by atoms with van der Waals surface area (Å²) in [6.45, 7) is 10.3. The maximum Gasteiger partial charge on any atom is 0.410 e. The Kier molecular flexibility index (Phi) is 3.77. The van der Waals surface area contributed by atoms with Gasteiger partial charge in [0.2, 0.25) is 5.91 Å². The van der Waals surface area contributed by atoms with E-state index in [4.69, 9.17) is 4.74 Å². The molecule has 2 aliphatic heterocycles. The number of amides is 2. The summed E-state index contributed by atoms with van der Waals surface area (Å²) in [4.78, 5) is 37.2. The van der Waals surface area contributed by atoms with E-state index >= 15 is 0 Å². The average molecular weight is 332 g/mol. The van der Waals surface area contributed by atoms with Gasteiger partial charge >= 0.3 is 6.09 Å². The second kappa shape index (κ2) is 5.43. The Morgan fingerprint density at radius 3 is 2.62 bits per heavy atom. The number of carbonyl (C=O) groups excluding carboxylic acids is 2. The fraction of sp³-hybridized carbons (Fsp3) is 0.647. The van der Waals surface area contributed by atoms with Crippen LogP contribution in [0.25, 0.3) is 0 Å². The highest BCUT2D eigenvalue weighted by molar-refractivity contribution is 6.06. The first-order valence-corrected chi connectivity index (χ1v) is 8.24. The molecule has 0 spiro atoms. The predicted octanol–water partition coefficient (Wildman–Crippen LogP) is 2.11. The molecule has 1 saturated heterocycles. The molecule has 1 aromatic heterocycles. The quantitative estimate of drug-likeness (QED) is 0.787. The standard InChI is InChI=1S/C17H24N4O3/c1-16(2,3)24-15(23)20-9-6-11(10-20)21-13-12(18-7-8-19-13)17(4,5)14(21)22/h7-8,11H,6,9-10H2,1-5H3/t11-/m1/s1. The number of ether oxygens (including phenoxy) is 1. The number of hydrogen-bond donors (Lipinski definition) is 0. The molecule has 7 nitrogen and oxygen atoms in total. The van der Waals surface area contributed by atoms with E-state index in [0.29, 0.717) is 31.0 Å². The van der Waals surface area contributed by atoms with E-state index in [1.165, 1.54) is 0 Å². The minimum Gasteiger partial charge on any atom is -0.444 e. The molecular formula is C17H24N4O3. The van der Waals surface area contributed by atoms with Gasteiger partial charge in [-0.05, 0) is 41.0 Å². The largest absolute Gasteiger partial charge is 0.444 e. The fourth-order valence-corrected chi connectivity index (χ4v) is 3.23. The summed E-state index contributed by atoms with van der Waals surface area (Å²) in [5, 5.41) is 0. The molecule has 3 heterocycles. The molecule has 1 aromatic rings. The molecule has 1 fully saturated rings. The zero-order valence-corrected chi connectivity index (χ0v) is 14.9. The zero-order chi connectivity index (χ0) is 17.7. The van der Waals surface area contributed by atoms with Crippen LogP contribution in [0.2, 0.25) is 0 Å².